The number of hydrogen-bond acceptors (Lipinski definition) is 3. The fraction of sp³-hybridized carbons (Fsp3) is 0.438. The van der Waals surface area contributed by atoms with Crippen LogP contribution in [0.4, 0.5) is 0 Å². The molecule has 0 atom stereocenters. The highest BCUT2D eigenvalue weighted by Crippen LogP contribution is 2.30. The van der Waals surface area contributed by atoms with Gasteiger partial charge in [-0.05, 0) is 51.1 Å². The summed E-state index contributed by atoms with van der Waals surface area (Å²) in [4.78, 5) is 0. The average molecular weight is 273 g/mol. The molecule has 0 aliphatic carbocycles. The lowest BCUT2D eigenvalue weighted by molar-refractivity contribution is 0.414. The van der Waals surface area contributed by atoms with Crippen LogP contribution in [0.2, 0.25) is 0 Å². The second-order valence-corrected chi connectivity index (χ2v) is 5.26. The summed E-state index contributed by atoms with van der Waals surface area (Å²) in [5.41, 5.74) is 4.68. The van der Waals surface area contributed by atoms with Gasteiger partial charge in [-0.1, -0.05) is 6.07 Å². The van der Waals surface area contributed by atoms with E-state index in [0.717, 1.165) is 18.0 Å². The molecule has 0 amide bonds. The number of aryl methyl sites for hydroxylation is 1. The number of aromatic nitrogens is 2. The minimum atomic E-state index is 0.369. The first-order valence-corrected chi connectivity index (χ1v) is 6.94. The van der Waals surface area contributed by atoms with Crippen molar-refractivity contribution in [3.63, 3.8) is 0 Å². The normalized spacial score (nSPS) is 11.1. The Morgan fingerprint density at radius 1 is 1.30 bits per heavy atom. The van der Waals surface area contributed by atoms with E-state index in [1.807, 2.05) is 17.8 Å². The molecule has 0 fully saturated rings. The molecule has 0 bridgehead atoms. The van der Waals surface area contributed by atoms with Crippen molar-refractivity contribution in [2.75, 3.05) is 14.2 Å². The smallest absolute Gasteiger partial charge is 0.119 e. The van der Waals surface area contributed by atoms with E-state index in [-0.39, 0.29) is 0 Å². The van der Waals surface area contributed by atoms with Crippen LogP contribution in [0.25, 0.3) is 11.1 Å². The Morgan fingerprint density at radius 2 is 2.05 bits per heavy atom. The van der Waals surface area contributed by atoms with Crippen LogP contribution >= 0.6 is 0 Å². The van der Waals surface area contributed by atoms with Gasteiger partial charge in [-0.25, -0.2) is 0 Å². The Kier molecular flexibility index (Phi) is 4.45. The van der Waals surface area contributed by atoms with Gasteiger partial charge >= 0.3 is 0 Å². The van der Waals surface area contributed by atoms with E-state index in [4.69, 9.17) is 4.74 Å². The molecule has 0 aliphatic rings. The zero-order chi connectivity index (χ0) is 14.7. The van der Waals surface area contributed by atoms with Gasteiger partial charge in [0, 0.05) is 24.3 Å². The summed E-state index contributed by atoms with van der Waals surface area (Å²) >= 11 is 0. The maximum atomic E-state index is 5.32. The quantitative estimate of drug-likeness (QED) is 0.909. The van der Waals surface area contributed by atoms with Crippen LogP contribution < -0.4 is 10.1 Å². The standard InChI is InChI=1S/C16H23N3O/c1-11(2)19-10-16(12(3)18-19)15-7-6-14(20-5)8-13(15)9-17-4/h6-8,10-11,17H,9H2,1-5H3. The Morgan fingerprint density at radius 3 is 2.60 bits per heavy atom. The lowest BCUT2D eigenvalue weighted by atomic mass is 10.00. The van der Waals surface area contributed by atoms with Crippen LogP contribution in [0.15, 0.2) is 24.4 Å². The van der Waals surface area contributed by atoms with E-state index in [0.29, 0.717) is 6.04 Å². The highest BCUT2D eigenvalue weighted by atomic mass is 16.5. The molecule has 0 aliphatic heterocycles. The molecule has 2 aromatic rings. The molecule has 1 N–H and O–H groups in total. The van der Waals surface area contributed by atoms with Crippen LogP contribution in [-0.4, -0.2) is 23.9 Å². The molecule has 0 spiro atoms. The van der Waals surface area contributed by atoms with Gasteiger partial charge in [0.05, 0.1) is 12.8 Å². The number of ether oxygens (including phenoxy) is 1. The second-order valence-electron chi connectivity index (χ2n) is 5.26. The predicted octanol–water partition coefficient (Wildman–Crippen LogP) is 3.17. The van der Waals surface area contributed by atoms with Gasteiger partial charge in [0.2, 0.25) is 0 Å². The van der Waals surface area contributed by atoms with Crippen molar-refractivity contribution in [2.24, 2.45) is 0 Å². The van der Waals surface area contributed by atoms with Gasteiger partial charge in [-0.2, -0.15) is 5.10 Å². The molecular weight excluding hydrogens is 250 g/mol. The number of benzene rings is 1. The second kappa shape index (κ2) is 6.09. The van der Waals surface area contributed by atoms with Crippen molar-refractivity contribution >= 4 is 0 Å². The molecule has 108 valence electrons. The van der Waals surface area contributed by atoms with E-state index in [1.165, 1.54) is 16.7 Å². The zero-order valence-electron chi connectivity index (χ0n) is 12.9. The van der Waals surface area contributed by atoms with E-state index in [1.54, 1.807) is 7.11 Å². The molecule has 0 unspecified atom stereocenters. The molecule has 0 radical (unpaired) electrons. The summed E-state index contributed by atoms with van der Waals surface area (Å²) in [7, 11) is 3.65. The van der Waals surface area contributed by atoms with Gasteiger partial charge < -0.3 is 10.1 Å². The lowest BCUT2D eigenvalue weighted by Gasteiger charge is -2.11. The van der Waals surface area contributed by atoms with Gasteiger partial charge in [0.15, 0.2) is 0 Å². The largest absolute Gasteiger partial charge is 0.497 e. The van der Waals surface area contributed by atoms with Gasteiger partial charge in [0.25, 0.3) is 0 Å². The van der Waals surface area contributed by atoms with E-state index < -0.39 is 0 Å². The molecule has 1 aromatic carbocycles. The van der Waals surface area contributed by atoms with Gasteiger partial charge in [-0.3, -0.25) is 4.68 Å². The highest BCUT2D eigenvalue weighted by Gasteiger charge is 2.13. The Balaban J connectivity index is 2.50. The molecule has 4 nitrogen and oxygen atoms in total. The Bertz CT molecular complexity index is 587. The fourth-order valence-electron chi connectivity index (χ4n) is 2.31. The van der Waals surface area contributed by atoms with Crippen molar-refractivity contribution in [3.05, 3.63) is 35.7 Å². The Hall–Kier alpha value is -1.81. The lowest BCUT2D eigenvalue weighted by Crippen LogP contribution is -2.06. The van der Waals surface area contributed by atoms with Crippen molar-refractivity contribution in [1.82, 2.24) is 15.1 Å². The summed E-state index contributed by atoms with van der Waals surface area (Å²) < 4.78 is 7.33. The molecule has 20 heavy (non-hydrogen) atoms. The molecule has 1 heterocycles. The summed E-state index contributed by atoms with van der Waals surface area (Å²) in [5, 5.41) is 7.81. The minimum absolute atomic E-state index is 0.369. The van der Waals surface area contributed by atoms with Crippen LogP contribution in [0.1, 0.15) is 31.1 Å². The number of hydrogen-bond donors (Lipinski definition) is 1. The molecule has 1 aromatic heterocycles. The first-order chi connectivity index (χ1) is 9.56. The van der Waals surface area contributed by atoms with Crippen molar-refractivity contribution in [2.45, 2.75) is 33.4 Å². The zero-order valence-corrected chi connectivity index (χ0v) is 12.9. The summed E-state index contributed by atoms with van der Waals surface area (Å²) in [5.74, 6) is 0.882. The van der Waals surface area contributed by atoms with E-state index >= 15 is 0 Å². The summed E-state index contributed by atoms with van der Waals surface area (Å²) in [6.45, 7) is 7.14. The number of nitrogens with one attached hydrogen (secondary N) is 1. The first kappa shape index (κ1) is 14.6. The topological polar surface area (TPSA) is 39.1 Å². The van der Waals surface area contributed by atoms with Crippen LogP contribution in [-0.2, 0) is 6.54 Å². The van der Waals surface area contributed by atoms with Gasteiger partial charge in [0.1, 0.15) is 5.75 Å². The maximum Gasteiger partial charge on any atom is 0.119 e. The molecule has 0 saturated heterocycles. The number of nitrogens with zero attached hydrogens (tertiary/aromatic N) is 2. The third-order valence-electron chi connectivity index (χ3n) is 3.42. The first-order valence-electron chi connectivity index (χ1n) is 6.94. The third-order valence-corrected chi connectivity index (χ3v) is 3.42. The molecule has 4 heteroatoms. The van der Waals surface area contributed by atoms with Crippen LogP contribution in [0.5, 0.6) is 5.75 Å². The molecule has 2 rings (SSSR count). The minimum Gasteiger partial charge on any atom is -0.497 e. The van der Waals surface area contributed by atoms with Gasteiger partial charge in [-0.15, -0.1) is 0 Å². The van der Waals surface area contributed by atoms with Crippen molar-refractivity contribution < 1.29 is 4.74 Å². The van der Waals surface area contributed by atoms with Crippen LogP contribution in [0.3, 0.4) is 0 Å². The van der Waals surface area contributed by atoms with Crippen molar-refractivity contribution in [1.29, 1.82) is 0 Å². The highest BCUT2D eigenvalue weighted by molar-refractivity contribution is 5.70. The van der Waals surface area contributed by atoms with E-state index in [9.17, 15) is 0 Å². The number of rotatable bonds is 5. The monoisotopic (exact) mass is 273 g/mol. The van der Waals surface area contributed by atoms with E-state index in [2.05, 4.69) is 49.5 Å². The molecular formula is C16H23N3O. The predicted molar refractivity (Wildman–Crippen MR) is 82.1 cm³/mol. The number of methoxy groups -OCH3 is 1. The third kappa shape index (κ3) is 2.85. The van der Waals surface area contributed by atoms with Crippen molar-refractivity contribution in [3.8, 4) is 16.9 Å². The average Bonchev–Trinajstić information content (AvgIpc) is 2.81. The fourth-order valence-corrected chi connectivity index (χ4v) is 2.31. The molecule has 0 saturated carbocycles. The maximum absolute atomic E-state index is 5.32. The summed E-state index contributed by atoms with van der Waals surface area (Å²) in [6.07, 6.45) is 2.13. The van der Waals surface area contributed by atoms with Crippen LogP contribution in [0, 0.1) is 6.92 Å². The summed E-state index contributed by atoms with van der Waals surface area (Å²) in [6, 6.07) is 6.56. The SMILES string of the molecule is CNCc1cc(OC)ccc1-c1cn(C(C)C)nc1C. The Labute approximate surface area is 120 Å².